The SMILES string of the molecule is CC1CCCN(c2ncccc2CNC(C)(C)C)C1. The first kappa shape index (κ1) is 14.3. The van der Waals surface area contributed by atoms with Gasteiger partial charge in [-0.25, -0.2) is 4.98 Å². The average molecular weight is 261 g/mol. The lowest BCUT2D eigenvalue weighted by Crippen LogP contribution is -2.38. The number of hydrogen-bond donors (Lipinski definition) is 1. The van der Waals surface area contributed by atoms with Crippen LogP contribution in [0.4, 0.5) is 5.82 Å². The van der Waals surface area contributed by atoms with Crippen LogP contribution in [0.15, 0.2) is 18.3 Å². The molecule has 1 aliphatic rings. The van der Waals surface area contributed by atoms with Crippen molar-refractivity contribution in [3.8, 4) is 0 Å². The molecular weight excluding hydrogens is 234 g/mol. The summed E-state index contributed by atoms with van der Waals surface area (Å²) in [6, 6.07) is 4.23. The zero-order chi connectivity index (χ0) is 13.9. The molecule has 0 aromatic carbocycles. The van der Waals surface area contributed by atoms with Crippen molar-refractivity contribution in [3.63, 3.8) is 0 Å². The van der Waals surface area contributed by atoms with Crippen LogP contribution in [0.5, 0.6) is 0 Å². The van der Waals surface area contributed by atoms with Gasteiger partial charge in [0.05, 0.1) is 0 Å². The minimum Gasteiger partial charge on any atom is -0.356 e. The highest BCUT2D eigenvalue weighted by Gasteiger charge is 2.20. The summed E-state index contributed by atoms with van der Waals surface area (Å²) in [4.78, 5) is 7.08. The molecule has 0 radical (unpaired) electrons. The molecule has 1 aromatic rings. The van der Waals surface area contributed by atoms with Gasteiger partial charge >= 0.3 is 0 Å². The molecular formula is C16H27N3. The summed E-state index contributed by atoms with van der Waals surface area (Å²) in [5, 5.41) is 3.56. The Hall–Kier alpha value is -1.09. The van der Waals surface area contributed by atoms with Crippen molar-refractivity contribution in [3.05, 3.63) is 23.9 Å². The highest BCUT2D eigenvalue weighted by molar-refractivity contribution is 5.47. The summed E-state index contributed by atoms with van der Waals surface area (Å²) in [7, 11) is 0. The second-order valence-electron chi connectivity index (χ2n) is 6.78. The lowest BCUT2D eigenvalue weighted by molar-refractivity contribution is 0.420. The van der Waals surface area contributed by atoms with Gasteiger partial charge in [-0.15, -0.1) is 0 Å². The number of aromatic nitrogens is 1. The Kier molecular flexibility index (Phi) is 4.46. The fraction of sp³-hybridized carbons (Fsp3) is 0.688. The third kappa shape index (κ3) is 4.20. The highest BCUT2D eigenvalue weighted by Crippen LogP contribution is 2.24. The van der Waals surface area contributed by atoms with Crippen molar-refractivity contribution in [2.24, 2.45) is 5.92 Å². The van der Waals surface area contributed by atoms with E-state index in [1.54, 1.807) is 0 Å². The fourth-order valence-electron chi connectivity index (χ4n) is 2.60. The van der Waals surface area contributed by atoms with Crippen molar-refractivity contribution in [1.29, 1.82) is 0 Å². The van der Waals surface area contributed by atoms with Crippen LogP contribution < -0.4 is 10.2 Å². The molecule has 1 N–H and O–H groups in total. The second kappa shape index (κ2) is 5.91. The minimum absolute atomic E-state index is 0.141. The quantitative estimate of drug-likeness (QED) is 0.905. The summed E-state index contributed by atoms with van der Waals surface area (Å²) in [5.74, 6) is 1.95. The lowest BCUT2D eigenvalue weighted by atomic mass is 10.00. The predicted octanol–water partition coefficient (Wildman–Crippen LogP) is 3.21. The Morgan fingerprint density at radius 3 is 2.89 bits per heavy atom. The van der Waals surface area contributed by atoms with Gasteiger partial charge in [-0.05, 0) is 45.6 Å². The van der Waals surface area contributed by atoms with Crippen molar-refractivity contribution in [1.82, 2.24) is 10.3 Å². The fourth-order valence-corrected chi connectivity index (χ4v) is 2.60. The van der Waals surface area contributed by atoms with Gasteiger partial charge in [0.1, 0.15) is 5.82 Å². The Balaban J connectivity index is 2.11. The summed E-state index contributed by atoms with van der Waals surface area (Å²) in [5.41, 5.74) is 1.45. The maximum atomic E-state index is 4.62. The van der Waals surface area contributed by atoms with Gasteiger partial charge in [-0.3, -0.25) is 0 Å². The van der Waals surface area contributed by atoms with E-state index >= 15 is 0 Å². The Labute approximate surface area is 117 Å². The number of piperidine rings is 1. The van der Waals surface area contributed by atoms with Crippen LogP contribution in [0.25, 0.3) is 0 Å². The Bertz CT molecular complexity index is 409. The molecule has 0 aliphatic carbocycles. The highest BCUT2D eigenvalue weighted by atomic mass is 15.2. The van der Waals surface area contributed by atoms with Crippen LogP contribution in [-0.4, -0.2) is 23.6 Å². The van der Waals surface area contributed by atoms with E-state index in [-0.39, 0.29) is 5.54 Å². The van der Waals surface area contributed by atoms with Crippen LogP contribution in [-0.2, 0) is 6.54 Å². The maximum absolute atomic E-state index is 4.62. The first-order valence-corrected chi connectivity index (χ1v) is 7.39. The molecule has 1 atom stereocenters. The lowest BCUT2D eigenvalue weighted by Gasteiger charge is -2.33. The normalized spacial score (nSPS) is 20.6. The summed E-state index contributed by atoms with van der Waals surface area (Å²) in [6.45, 7) is 12.1. The van der Waals surface area contributed by atoms with Crippen LogP contribution in [0, 0.1) is 5.92 Å². The molecule has 3 nitrogen and oxygen atoms in total. The number of hydrogen-bond acceptors (Lipinski definition) is 3. The van der Waals surface area contributed by atoms with E-state index in [0.717, 1.165) is 25.6 Å². The summed E-state index contributed by atoms with van der Waals surface area (Å²) < 4.78 is 0. The number of nitrogens with zero attached hydrogens (tertiary/aromatic N) is 2. The molecule has 19 heavy (non-hydrogen) atoms. The minimum atomic E-state index is 0.141. The summed E-state index contributed by atoms with van der Waals surface area (Å²) >= 11 is 0. The van der Waals surface area contributed by atoms with E-state index in [1.807, 2.05) is 12.3 Å². The predicted molar refractivity (Wildman–Crippen MR) is 81.4 cm³/mol. The van der Waals surface area contributed by atoms with E-state index in [2.05, 4.69) is 49.0 Å². The van der Waals surface area contributed by atoms with E-state index in [0.29, 0.717) is 0 Å². The van der Waals surface area contributed by atoms with Gasteiger partial charge in [0, 0.05) is 36.9 Å². The first-order valence-electron chi connectivity index (χ1n) is 7.39. The number of anilines is 1. The number of rotatable bonds is 3. The molecule has 0 spiro atoms. The molecule has 2 heterocycles. The van der Waals surface area contributed by atoms with Crippen molar-refractivity contribution < 1.29 is 0 Å². The smallest absolute Gasteiger partial charge is 0.133 e. The number of pyridine rings is 1. The zero-order valence-corrected chi connectivity index (χ0v) is 12.7. The molecule has 0 amide bonds. The van der Waals surface area contributed by atoms with Gasteiger partial charge in [-0.2, -0.15) is 0 Å². The Morgan fingerprint density at radius 2 is 2.21 bits per heavy atom. The Morgan fingerprint density at radius 1 is 1.42 bits per heavy atom. The van der Waals surface area contributed by atoms with Gasteiger partial charge in [-0.1, -0.05) is 13.0 Å². The molecule has 3 heteroatoms. The number of nitrogens with one attached hydrogen (secondary N) is 1. The standard InChI is InChI=1S/C16H27N3/c1-13-7-6-10-19(12-13)15-14(8-5-9-17-15)11-18-16(2,3)4/h5,8-9,13,18H,6-7,10-12H2,1-4H3. The first-order chi connectivity index (χ1) is 8.96. The van der Waals surface area contributed by atoms with Crippen LogP contribution in [0.2, 0.25) is 0 Å². The van der Waals surface area contributed by atoms with Gasteiger partial charge in [0.2, 0.25) is 0 Å². The molecule has 1 aliphatic heterocycles. The van der Waals surface area contributed by atoms with Crippen LogP contribution in [0.1, 0.15) is 46.1 Å². The zero-order valence-electron chi connectivity index (χ0n) is 12.7. The molecule has 1 saturated heterocycles. The van der Waals surface area contributed by atoms with E-state index in [4.69, 9.17) is 0 Å². The average Bonchev–Trinajstić information content (AvgIpc) is 2.36. The van der Waals surface area contributed by atoms with E-state index < -0.39 is 0 Å². The van der Waals surface area contributed by atoms with E-state index in [9.17, 15) is 0 Å². The topological polar surface area (TPSA) is 28.2 Å². The van der Waals surface area contributed by atoms with Gasteiger partial charge < -0.3 is 10.2 Å². The third-order valence-electron chi connectivity index (χ3n) is 3.63. The molecule has 106 valence electrons. The van der Waals surface area contributed by atoms with Gasteiger partial charge in [0.15, 0.2) is 0 Å². The van der Waals surface area contributed by atoms with Gasteiger partial charge in [0.25, 0.3) is 0 Å². The second-order valence-corrected chi connectivity index (χ2v) is 6.78. The molecule has 2 rings (SSSR count). The van der Waals surface area contributed by atoms with Crippen molar-refractivity contribution in [2.75, 3.05) is 18.0 Å². The third-order valence-corrected chi connectivity index (χ3v) is 3.63. The largest absolute Gasteiger partial charge is 0.356 e. The molecule has 1 unspecified atom stereocenters. The maximum Gasteiger partial charge on any atom is 0.133 e. The molecule has 1 aromatic heterocycles. The molecule has 0 saturated carbocycles. The van der Waals surface area contributed by atoms with Crippen molar-refractivity contribution in [2.45, 2.75) is 52.6 Å². The molecule has 0 bridgehead atoms. The van der Waals surface area contributed by atoms with Crippen LogP contribution >= 0.6 is 0 Å². The summed E-state index contributed by atoms with van der Waals surface area (Å²) in [6.07, 6.45) is 4.54. The van der Waals surface area contributed by atoms with E-state index in [1.165, 1.54) is 24.2 Å². The van der Waals surface area contributed by atoms with Crippen molar-refractivity contribution >= 4 is 5.82 Å². The monoisotopic (exact) mass is 261 g/mol. The molecule has 1 fully saturated rings. The van der Waals surface area contributed by atoms with Crippen LogP contribution in [0.3, 0.4) is 0 Å².